The summed E-state index contributed by atoms with van der Waals surface area (Å²) in [5.41, 5.74) is 2.95. The lowest BCUT2D eigenvalue weighted by Crippen LogP contribution is -2.39. The maximum Gasteiger partial charge on any atom is 0.274 e. The largest absolute Gasteiger partial charge is 0.465 e. The lowest BCUT2D eigenvalue weighted by molar-refractivity contribution is 0.0764. The Balaban J connectivity index is 1.52. The Morgan fingerprint density at radius 3 is 2.96 bits per heavy atom. The van der Waals surface area contributed by atoms with Crippen molar-refractivity contribution in [2.45, 2.75) is 45.3 Å². The van der Waals surface area contributed by atoms with Gasteiger partial charge in [-0.25, -0.2) is 0 Å². The molecule has 1 fully saturated rings. The fraction of sp³-hybridized carbons (Fsp3) is 0.524. The summed E-state index contributed by atoms with van der Waals surface area (Å²) in [4.78, 5) is 15.1. The van der Waals surface area contributed by atoms with Gasteiger partial charge >= 0.3 is 0 Å². The van der Waals surface area contributed by atoms with Crippen LogP contribution in [0.15, 0.2) is 29.2 Å². The molecular weight excluding hydrogens is 372 g/mol. The lowest BCUT2D eigenvalue weighted by Gasteiger charge is -2.27. The molecule has 2 aromatic rings. The third kappa shape index (κ3) is 4.05. The Labute approximate surface area is 170 Å². The van der Waals surface area contributed by atoms with Gasteiger partial charge in [0.05, 0.1) is 13.1 Å². The molecule has 2 aliphatic rings. The minimum Gasteiger partial charge on any atom is -0.465 e. The molecule has 1 saturated heterocycles. The molecule has 0 spiro atoms. The first-order valence-corrected chi connectivity index (χ1v) is 11.2. The fourth-order valence-electron chi connectivity index (χ4n) is 4.05. The zero-order chi connectivity index (χ0) is 19.5. The maximum atomic E-state index is 13.2. The van der Waals surface area contributed by atoms with Crippen LogP contribution in [0.5, 0.6) is 0 Å². The first-order chi connectivity index (χ1) is 13.7. The van der Waals surface area contributed by atoms with E-state index in [-0.39, 0.29) is 5.91 Å². The van der Waals surface area contributed by atoms with Crippen molar-refractivity contribution in [3.8, 4) is 0 Å². The maximum absolute atomic E-state index is 13.2. The van der Waals surface area contributed by atoms with Crippen molar-refractivity contribution < 1.29 is 9.21 Å². The fourth-order valence-corrected chi connectivity index (χ4v) is 4.95. The van der Waals surface area contributed by atoms with E-state index < -0.39 is 0 Å². The zero-order valence-electron chi connectivity index (χ0n) is 16.4. The Bertz CT molecular complexity index is 851. The van der Waals surface area contributed by atoms with Crippen LogP contribution in [0.3, 0.4) is 0 Å². The van der Waals surface area contributed by atoms with Gasteiger partial charge in [0, 0.05) is 41.9 Å². The van der Waals surface area contributed by atoms with Crippen LogP contribution in [0.1, 0.15) is 39.7 Å². The molecule has 0 aromatic carbocycles. The van der Waals surface area contributed by atoms with E-state index in [9.17, 15) is 4.79 Å². The summed E-state index contributed by atoms with van der Waals surface area (Å²) < 4.78 is 7.64. The quantitative estimate of drug-likeness (QED) is 0.756. The van der Waals surface area contributed by atoms with E-state index in [0.717, 1.165) is 60.9 Å². The van der Waals surface area contributed by atoms with Crippen LogP contribution in [-0.4, -0.2) is 51.2 Å². The van der Waals surface area contributed by atoms with Crippen molar-refractivity contribution in [3.63, 3.8) is 0 Å². The second-order valence-electron chi connectivity index (χ2n) is 7.48. The molecule has 1 atom stereocenters. The first kappa shape index (κ1) is 19.3. The number of aryl methyl sites for hydroxylation is 1. The molecule has 0 bridgehead atoms. The van der Waals surface area contributed by atoms with Crippen molar-refractivity contribution in [2.24, 2.45) is 0 Å². The van der Waals surface area contributed by atoms with Gasteiger partial charge in [0.25, 0.3) is 5.91 Å². The van der Waals surface area contributed by atoms with Crippen molar-refractivity contribution in [1.29, 1.82) is 0 Å². The molecule has 7 heteroatoms. The number of hydrogen-bond acceptors (Lipinski definition) is 5. The van der Waals surface area contributed by atoms with E-state index in [0.29, 0.717) is 24.8 Å². The highest BCUT2D eigenvalue weighted by Gasteiger charge is 2.31. The average Bonchev–Trinajstić information content (AvgIpc) is 3.30. The normalized spacial score (nSPS) is 19.5. The molecule has 1 aliphatic heterocycles. The lowest BCUT2D eigenvalue weighted by atomic mass is 9.91. The van der Waals surface area contributed by atoms with Gasteiger partial charge in [-0.05, 0) is 38.3 Å². The molecule has 1 N–H and O–H groups in total. The number of thioether (sulfide) groups is 1. The summed E-state index contributed by atoms with van der Waals surface area (Å²) in [6, 6.07) is 4.33. The van der Waals surface area contributed by atoms with Crippen molar-refractivity contribution >= 4 is 17.7 Å². The number of nitrogens with one attached hydrogen (secondary N) is 1. The molecule has 0 saturated carbocycles. The first-order valence-electron chi connectivity index (χ1n) is 10.0. The molecule has 4 rings (SSSR count). The molecule has 0 radical (unpaired) electrons. The Morgan fingerprint density at radius 1 is 1.43 bits per heavy atom. The number of aromatic nitrogens is 2. The summed E-state index contributed by atoms with van der Waals surface area (Å²) in [7, 11) is 0. The van der Waals surface area contributed by atoms with Crippen molar-refractivity contribution in [2.75, 3.05) is 24.6 Å². The predicted octanol–water partition coefficient (Wildman–Crippen LogP) is 2.81. The molecular formula is C21H28N4O2S. The van der Waals surface area contributed by atoms with E-state index in [1.54, 1.807) is 0 Å². The van der Waals surface area contributed by atoms with E-state index in [2.05, 4.69) is 11.9 Å². The summed E-state index contributed by atoms with van der Waals surface area (Å²) in [5, 5.41) is 8.31. The molecule has 2 aromatic heterocycles. The summed E-state index contributed by atoms with van der Waals surface area (Å²) in [5.74, 6) is 3.98. The van der Waals surface area contributed by atoms with Crippen LogP contribution in [-0.2, 0) is 25.9 Å². The van der Waals surface area contributed by atoms with Crippen LogP contribution < -0.4 is 5.32 Å². The highest BCUT2D eigenvalue weighted by molar-refractivity contribution is 7.99. The summed E-state index contributed by atoms with van der Waals surface area (Å²) >= 11 is 1.91. The van der Waals surface area contributed by atoms with Crippen LogP contribution in [0.2, 0.25) is 0 Å². The molecule has 3 heterocycles. The third-order valence-corrected chi connectivity index (χ3v) is 6.45. The Hall–Kier alpha value is -1.99. The molecule has 1 unspecified atom stereocenters. The van der Waals surface area contributed by atoms with E-state index in [1.165, 1.54) is 5.69 Å². The average molecular weight is 401 g/mol. The highest BCUT2D eigenvalue weighted by Crippen LogP contribution is 2.27. The monoisotopic (exact) mass is 400 g/mol. The zero-order valence-corrected chi connectivity index (χ0v) is 17.3. The number of allylic oxidation sites excluding steroid dienone is 1. The van der Waals surface area contributed by atoms with Crippen molar-refractivity contribution in [1.82, 2.24) is 20.0 Å². The minimum atomic E-state index is 0.0849. The van der Waals surface area contributed by atoms with Crippen LogP contribution in [0.25, 0.3) is 0 Å². The number of fused-ring (bicyclic) bond motifs is 1. The predicted molar refractivity (Wildman–Crippen MR) is 112 cm³/mol. The highest BCUT2D eigenvalue weighted by atomic mass is 32.2. The number of amides is 1. The van der Waals surface area contributed by atoms with E-state index in [1.807, 2.05) is 46.5 Å². The molecule has 1 amide bonds. The number of rotatable bonds is 6. The molecule has 6 nitrogen and oxygen atoms in total. The SMILES string of the molecule is C=CCn1nc(C(=O)N2CCSCC2)c2c1CCC(NCc1ccc(C)o1)C2. The van der Waals surface area contributed by atoms with Crippen LogP contribution in [0, 0.1) is 6.92 Å². The van der Waals surface area contributed by atoms with Gasteiger partial charge in [-0.3, -0.25) is 9.48 Å². The Kier molecular flexibility index (Phi) is 5.92. The van der Waals surface area contributed by atoms with Gasteiger partial charge in [-0.15, -0.1) is 6.58 Å². The molecule has 1 aliphatic carbocycles. The molecule has 28 heavy (non-hydrogen) atoms. The van der Waals surface area contributed by atoms with Crippen molar-refractivity contribution in [3.05, 3.63) is 53.3 Å². The smallest absolute Gasteiger partial charge is 0.274 e. The third-order valence-electron chi connectivity index (χ3n) is 5.51. The van der Waals surface area contributed by atoms with Gasteiger partial charge in [0.1, 0.15) is 11.5 Å². The summed E-state index contributed by atoms with van der Waals surface area (Å²) in [6.07, 6.45) is 4.64. The van der Waals surface area contributed by atoms with Crippen LogP contribution in [0.4, 0.5) is 0 Å². The summed E-state index contributed by atoms with van der Waals surface area (Å²) in [6.45, 7) is 8.79. The van der Waals surface area contributed by atoms with E-state index in [4.69, 9.17) is 9.52 Å². The number of carbonyl (C=O) groups excluding carboxylic acids is 1. The number of furan rings is 1. The number of carbonyl (C=O) groups is 1. The molecule has 150 valence electrons. The number of nitrogens with zero attached hydrogens (tertiary/aromatic N) is 3. The van der Waals surface area contributed by atoms with Gasteiger partial charge < -0.3 is 14.6 Å². The second kappa shape index (κ2) is 8.57. The number of hydrogen-bond donors (Lipinski definition) is 1. The van der Waals surface area contributed by atoms with Crippen LogP contribution >= 0.6 is 11.8 Å². The minimum absolute atomic E-state index is 0.0849. The van der Waals surface area contributed by atoms with Gasteiger partial charge in [-0.1, -0.05) is 6.08 Å². The standard InChI is InChI=1S/C21H28N4O2S/c1-3-8-25-19-7-5-16(22-14-17-6-4-15(2)27-17)13-18(19)20(23-25)21(26)24-9-11-28-12-10-24/h3-4,6,16,22H,1,5,7-14H2,2H3. The topological polar surface area (TPSA) is 63.3 Å². The van der Waals surface area contributed by atoms with E-state index >= 15 is 0 Å². The van der Waals surface area contributed by atoms with Gasteiger partial charge in [0.2, 0.25) is 0 Å². The van der Waals surface area contributed by atoms with Gasteiger partial charge in [0.15, 0.2) is 5.69 Å². The Morgan fingerprint density at radius 2 is 2.25 bits per heavy atom. The van der Waals surface area contributed by atoms with Gasteiger partial charge in [-0.2, -0.15) is 16.9 Å². The second-order valence-corrected chi connectivity index (χ2v) is 8.71.